The molecule has 2 aromatic rings. The molecule has 1 atom stereocenters. The molecule has 3 heterocycles. The molecule has 1 saturated heterocycles. The van der Waals surface area contributed by atoms with E-state index in [4.69, 9.17) is 4.74 Å². The van der Waals surface area contributed by atoms with Crippen LogP contribution < -0.4 is 5.32 Å². The molecule has 7 nitrogen and oxygen atoms in total. The van der Waals surface area contributed by atoms with E-state index in [0.717, 1.165) is 54.0 Å². The standard InChI is InChI=1S/C27H40N4O3S/c1-20(2)34-18-9-13-28-26(33)25-24-21-11-5-6-12-22(21)29(3)27(24)35-19-23(32)31(25)17-10-16-30-14-7-4-8-15-30/h5-6,11-12,20,25H,4,7-10,13-19H2,1-3H3,(H,28,33). The molecule has 2 amide bonds. The van der Waals surface area contributed by atoms with Gasteiger partial charge in [0.25, 0.3) is 0 Å². The highest BCUT2D eigenvalue weighted by atomic mass is 32.2. The number of amides is 2. The van der Waals surface area contributed by atoms with E-state index in [1.165, 1.54) is 19.3 Å². The monoisotopic (exact) mass is 500 g/mol. The molecule has 0 aliphatic carbocycles. The fourth-order valence-electron chi connectivity index (χ4n) is 5.22. The zero-order valence-electron chi connectivity index (χ0n) is 21.4. The first-order chi connectivity index (χ1) is 17.0. The van der Waals surface area contributed by atoms with Crippen LogP contribution in [-0.2, 0) is 21.4 Å². The molecule has 1 aromatic carbocycles. The number of thioether (sulfide) groups is 1. The van der Waals surface area contributed by atoms with Crippen LogP contribution in [0.2, 0.25) is 0 Å². The minimum Gasteiger partial charge on any atom is -0.379 e. The summed E-state index contributed by atoms with van der Waals surface area (Å²) in [6.45, 7) is 9.00. The number of carbonyl (C=O) groups is 2. The second kappa shape index (κ2) is 12.3. The molecule has 192 valence electrons. The molecule has 0 saturated carbocycles. The summed E-state index contributed by atoms with van der Waals surface area (Å²) in [6.07, 6.45) is 5.62. The van der Waals surface area contributed by atoms with Crippen molar-refractivity contribution in [3.05, 3.63) is 29.8 Å². The molecule has 4 rings (SSSR count). The van der Waals surface area contributed by atoms with Crippen molar-refractivity contribution in [3.8, 4) is 0 Å². The third-order valence-electron chi connectivity index (χ3n) is 6.97. The average molecular weight is 501 g/mol. The third-order valence-corrected chi connectivity index (χ3v) is 8.13. The van der Waals surface area contributed by atoms with Gasteiger partial charge in [0.2, 0.25) is 11.8 Å². The lowest BCUT2D eigenvalue weighted by atomic mass is 10.0. The summed E-state index contributed by atoms with van der Waals surface area (Å²) in [5, 5.41) is 5.18. The van der Waals surface area contributed by atoms with Crippen LogP contribution in [0.1, 0.15) is 57.6 Å². The largest absolute Gasteiger partial charge is 0.379 e. The number of hydrogen-bond acceptors (Lipinski definition) is 5. The number of likely N-dealkylation sites (tertiary alicyclic amines) is 1. The van der Waals surface area contributed by atoms with Gasteiger partial charge in [-0.3, -0.25) is 9.59 Å². The molecule has 1 unspecified atom stereocenters. The highest BCUT2D eigenvalue weighted by molar-refractivity contribution is 8.00. The van der Waals surface area contributed by atoms with Crippen molar-refractivity contribution in [2.24, 2.45) is 7.05 Å². The molecule has 0 spiro atoms. The van der Waals surface area contributed by atoms with Gasteiger partial charge in [-0.15, -0.1) is 0 Å². The van der Waals surface area contributed by atoms with Crippen molar-refractivity contribution >= 4 is 34.5 Å². The highest BCUT2D eigenvalue weighted by Gasteiger charge is 2.38. The Morgan fingerprint density at radius 3 is 2.69 bits per heavy atom. The van der Waals surface area contributed by atoms with Gasteiger partial charge in [0.15, 0.2) is 0 Å². The number of carbonyl (C=O) groups excluding carboxylic acids is 2. The van der Waals surface area contributed by atoms with Crippen LogP contribution in [-0.4, -0.2) is 77.4 Å². The molecular formula is C27H40N4O3S. The van der Waals surface area contributed by atoms with Crippen LogP contribution in [0.15, 0.2) is 29.3 Å². The summed E-state index contributed by atoms with van der Waals surface area (Å²) in [7, 11) is 2.03. The van der Waals surface area contributed by atoms with Crippen LogP contribution in [0, 0.1) is 0 Å². The highest BCUT2D eigenvalue weighted by Crippen LogP contribution is 2.41. The van der Waals surface area contributed by atoms with Gasteiger partial charge in [0.1, 0.15) is 6.04 Å². The van der Waals surface area contributed by atoms with E-state index in [1.807, 2.05) is 37.9 Å². The molecule has 35 heavy (non-hydrogen) atoms. The summed E-state index contributed by atoms with van der Waals surface area (Å²) in [5.41, 5.74) is 2.06. The summed E-state index contributed by atoms with van der Waals surface area (Å²) in [4.78, 5) is 31.4. The maximum atomic E-state index is 13.7. The van der Waals surface area contributed by atoms with Crippen LogP contribution in [0.3, 0.4) is 0 Å². The Labute approximate surface area is 213 Å². The van der Waals surface area contributed by atoms with Crippen LogP contribution in [0.5, 0.6) is 0 Å². The Kier molecular flexibility index (Phi) is 9.14. The Morgan fingerprint density at radius 1 is 1.14 bits per heavy atom. The Hall–Kier alpha value is -2.03. The fraction of sp³-hybridized carbons (Fsp3) is 0.630. The normalized spacial score (nSPS) is 19.3. The molecule has 0 bridgehead atoms. The van der Waals surface area contributed by atoms with Gasteiger partial charge in [0.05, 0.1) is 16.9 Å². The lowest BCUT2D eigenvalue weighted by molar-refractivity contribution is -0.139. The predicted molar refractivity (Wildman–Crippen MR) is 142 cm³/mol. The van der Waals surface area contributed by atoms with Crippen LogP contribution in [0.4, 0.5) is 0 Å². The number of rotatable bonds is 10. The van der Waals surface area contributed by atoms with Gasteiger partial charge in [-0.05, 0) is 65.2 Å². The summed E-state index contributed by atoms with van der Waals surface area (Å²) < 4.78 is 7.76. The number of ether oxygens (including phenoxy) is 1. The Bertz CT molecular complexity index is 1020. The van der Waals surface area contributed by atoms with Crippen molar-refractivity contribution in [2.75, 3.05) is 45.1 Å². The zero-order chi connectivity index (χ0) is 24.8. The van der Waals surface area contributed by atoms with E-state index in [2.05, 4.69) is 26.9 Å². The summed E-state index contributed by atoms with van der Waals surface area (Å²) in [6, 6.07) is 7.58. The first-order valence-electron chi connectivity index (χ1n) is 13.1. The molecular weight excluding hydrogens is 460 g/mol. The van der Waals surface area contributed by atoms with E-state index >= 15 is 0 Å². The van der Waals surface area contributed by atoms with Gasteiger partial charge >= 0.3 is 0 Å². The van der Waals surface area contributed by atoms with Crippen LogP contribution in [0.25, 0.3) is 10.9 Å². The van der Waals surface area contributed by atoms with Gasteiger partial charge in [-0.2, -0.15) is 0 Å². The number of piperidine rings is 1. The van der Waals surface area contributed by atoms with Gasteiger partial charge in [0, 0.05) is 43.2 Å². The quantitative estimate of drug-likeness (QED) is 0.500. The zero-order valence-corrected chi connectivity index (χ0v) is 22.2. The lowest BCUT2D eigenvalue weighted by Gasteiger charge is -2.31. The average Bonchev–Trinajstić information content (AvgIpc) is 3.04. The van der Waals surface area contributed by atoms with E-state index in [1.54, 1.807) is 11.8 Å². The van der Waals surface area contributed by atoms with Crippen molar-refractivity contribution in [1.82, 2.24) is 19.7 Å². The second-order valence-electron chi connectivity index (χ2n) is 9.89. The number of aryl methyl sites for hydroxylation is 1. The molecule has 8 heteroatoms. The molecule has 1 fully saturated rings. The number of aromatic nitrogens is 1. The molecule has 0 radical (unpaired) electrons. The van der Waals surface area contributed by atoms with Crippen molar-refractivity contribution in [3.63, 3.8) is 0 Å². The van der Waals surface area contributed by atoms with E-state index in [-0.39, 0.29) is 17.9 Å². The fourth-order valence-corrected chi connectivity index (χ4v) is 6.32. The second-order valence-corrected chi connectivity index (χ2v) is 10.9. The van der Waals surface area contributed by atoms with Crippen molar-refractivity contribution in [1.29, 1.82) is 0 Å². The maximum Gasteiger partial charge on any atom is 0.247 e. The van der Waals surface area contributed by atoms with E-state index in [0.29, 0.717) is 25.4 Å². The van der Waals surface area contributed by atoms with E-state index < -0.39 is 6.04 Å². The number of nitrogens with zero attached hydrogens (tertiary/aromatic N) is 3. The van der Waals surface area contributed by atoms with Gasteiger partial charge in [-0.1, -0.05) is 36.4 Å². The van der Waals surface area contributed by atoms with Gasteiger partial charge < -0.3 is 24.4 Å². The SMILES string of the molecule is CC(C)OCCCNC(=O)C1c2c(n(C)c3ccccc23)SCC(=O)N1CCCN1CCCCC1. The topological polar surface area (TPSA) is 66.8 Å². The number of fused-ring (bicyclic) bond motifs is 3. The Balaban J connectivity index is 1.57. The first kappa shape index (κ1) is 26.0. The Morgan fingerprint density at radius 2 is 1.91 bits per heavy atom. The summed E-state index contributed by atoms with van der Waals surface area (Å²) in [5.74, 6) is 0.297. The number of hydrogen-bond donors (Lipinski definition) is 1. The van der Waals surface area contributed by atoms with Crippen molar-refractivity contribution < 1.29 is 14.3 Å². The lowest BCUT2D eigenvalue weighted by Crippen LogP contribution is -2.45. The number of nitrogens with one attached hydrogen (secondary N) is 1. The molecule has 2 aliphatic heterocycles. The molecule has 1 N–H and O–H groups in total. The third kappa shape index (κ3) is 6.22. The van der Waals surface area contributed by atoms with Crippen LogP contribution >= 0.6 is 11.8 Å². The minimum atomic E-state index is -0.619. The van der Waals surface area contributed by atoms with Gasteiger partial charge in [-0.25, -0.2) is 0 Å². The van der Waals surface area contributed by atoms with E-state index in [9.17, 15) is 9.59 Å². The van der Waals surface area contributed by atoms with Crippen molar-refractivity contribution in [2.45, 2.75) is 63.1 Å². The maximum absolute atomic E-state index is 13.7. The predicted octanol–water partition coefficient (Wildman–Crippen LogP) is 3.96. The minimum absolute atomic E-state index is 0.0391. The first-order valence-corrected chi connectivity index (χ1v) is 14.1. The molecule has 1 aromatic heterocycles. The number of benzene rings is 1. The number of para-hydroxylation sites is 1. The molecule has 2 aliphatic rings. The smallest absolute Gasteiger partial charge is 0.247 e. The summed E-state index contributed by atoms with van der Waals surface area (Å²) >= 11 is 1.55.